The molecule has 0 aliphatic rings. The second-order valence-electron chi connectivity index (χ2n) is 7.16. The zero-order valence-corrected chi connectivity index (χ0v) is 18.9. The maximum atomic E-state index is 12.5. The Labute approximate surface area is 194 Å². The minimum atomic E-state index is -0.341. The Hall–Kier alpha value is -3.58. The Morgan fingerprint density at radius 3 is 2.78 bits per heavy atom. The van der Waals surface area contributed by atoms with Crippen LogP contribution in [0.4, 0.5) is 5.69 Å². The maximum absolute atomic E-state index is 12.5. The first-order valence-corrected chi connectivity index (χ1v) is 10.9. The number of aromatic nitrogens is 2. The fourth-order valence-corrected chi connectivity index (χ4v) is 3.44. The Morgan fingerprint density at radius 2 is 1.97 bits per heavy atom. The van der Waals surface area contributed by atoms with Crippen molar-refractivity contribution in [2.75, 3.05) is 5.32 Å². The van der Waals surface area contributed by atoms with Crippen LogP contribution in [-0.2, 0) is 19.6 Å². The number of para-hydroxylation sites is 1. The van der Waals surface area contributed by atoms with Gasteiger partial charge in [0.25, 0.3) is 5.91 Å². The van der Waals surface area contributed by atoms with E-state index in [1.54, 1.807) is 29.2 Å². The molecule has 1 N–H and O–H groups in total. The van der Waals surface area contributed by atoms with Crippen LogP contribution < -0.4 is 10.1 Å². The number of nitrogens with one attached hydrogen (secondary N) is 1. The van der Waals surface area contributed by atoms with Crippen LogP contribution in [0.3, 0.4) is 0 Å². The minimum Gasteiger partial charge on any atom is -0.485 e. The number of allylic oxidation sites excluding steroid dienone is 1. The molecular formula is C25H22BrN3O3. The smallest absolute Gasteiger partial charge is 0.291 e. The van der Waals surface area contributed by atoms with Gasteiger partial charge in [-0.2, -0.15) is 5.10 Å². The lowest BCUT2D eigenvalue weighted by molar-refractivity contribution is 0.0992. The zero-order chi connectivity index (χ0) is 22.3. The minimum absolute atomic E-state index is 0.212. The number of amides is 1. The first-order chi connectivity index (χ1) is 15.6. The first kappa shape index (κ1) is 21.6. The average molecular weight is 492 g/mol. The SMILES string of the molecule is C=CCc1ccccc1OCc1ccc(C(=O)Nc2cnn(Cc3ccc(Br)cc3)c2)o1. The lowest BCUT2D eigenvalue weighted by Gasteiger charge is -2.08. The van der Waals surface area contributed by atoms with E-state index in [2.05, 4.69) is 32.9 Å². The highest BCUT2D eigenvalue weighted by molar-refractivity contribution is 9.10. The zero-order valence-electron chi connectivity index (χ0n) is 17.3. The van der Waals surface area contributed by atoms with Crippen LogP contribution in [0.25, 0.3) is 0 Å². The van der Waals surface area contributed by atoms with Crippen molar-refractivity contribution in [1.82, 2.24) is 9.78 Å². The number of halogens is 1. The molecule has 2 aromatic heterocycles. The number of hydrogen-bond donors (Lipinski definition) is 1. The van der Waals surface area contributed by atoms with Gasteiger partial charge in [0.1, 0.15) is 18.1 Å². The molecule has 0 saturated carbocycles. The van der Waals surface area contributed by atoms with E-state index in [1.807, 2.05) is 54.6 Å². The Balaban J connectivity index is 1.33. The van der Waals surface area contributed by atoms with E-state index in [1.165, 1.54) is 0 Å². The van der Waals surface area contributed by atoms with Crippen molar-refractivity contribution in [1.29, 1.82) is 0 Å². The highest BCUT2D eigenvalue weighted by Gasteiger charge is 2.13. The van der Waals surface area contributed by atoms with Crippen LogP contribution in [0.1, 0.15) is 27.4 Å². The molecule has 6 nitrogen and oxygen atoms in total. The average Bonchev–Trinajstić information content (AvgIpc) is 3.45. The van der Waals surface area contributed by atoms with Gasteiger partial charge in [0.2, 0.25) is 0 Å². The number of rotatable bonds is 9. The van der Waals surface area contributed by atoms with Gasteiger partial charge in [0.05, 0.1) is 18.4 Å². The van der Waals surface area contributed by atoms with Gasteiger partial charge in [-0.3, -0.25) is 9.48 Å². The van der Waals surface area contributed by atoms with Crippen molar-refractivity contribution >= 4 is 27.5 Å². The maximum Gasteiger partial charge on any atom is 0.291 e. The van der Waals surface area contributed by atoms with Crippen molar-refractivity contribution < 1.29 is 13.9 Å². The monoisotopic (exact) mass is 491 g/mol. The molecule has 0 aliphatic carbocycles. The van der Waals surface area contributed by atoms with Crippen molar-refractivity contribution in [2.45, 2.75) is 19.6 Å². The van der Waals surface area contributed by atoms with Gasteiger partial charge in [-0.15, -0.1) is 6.58 Å². The van der Waals surface area contributed by atoms with E-state index < -0.39 is 0 Å². The number of hydrogen-bond acceptors (Lipinski definition) is 4. The molecule has 0 spiro atoms. The van der Waals surface area contributed by atoms with Crippen LogP contribution in [0.5, 0.6) is 5.75 Å². The Morgan fingerprint density at radius 1 is 1.16 bits per heavy atom. The lowest BCUT2D eigenvalue weighted by Crippen LogP contribution is -2.10. The van der Waals surface area contributed by atoms with Crippen LogP contribution >= 0.6 is 15.9 Å². The highest BCUT2D eigenvalue weighted by Crippen LogP contribution is 2.21. The summed E-state index contributed by atoms with van der Waals surface area (Å²) in [7, 11) is 0. The van der Waals surface area contributed by atoms with Gasteiger partial charge in [0.15, 0.2) is 5.76 Å². The van der Waals surface area contributed by atoms with Crippen LogP contribution in [0.15, 0.2) is 94.6 Å². The summed E-state index contributed by atoms with van der Waals surface area (Å²) in [5.41, 5.74) is 2.76. The molecule has 0 radical (unpaired) electrons. The molecule has 0 aliphatic heterocycles. The van der Waals surface area contributed by atoms with Gasteiger partial charge in [-0.05, 0) is 47.9 Å². The third-order valence-corrected chi connectivity index (χ3v) is 5.27. The molecular weight excluding hydrogens is 470 g/mol. The number of anilines is 1. The fourth-order valence-electron chi connectivity index (χ4n) is 3.18. The second kappa shape index (κ2) is 10.2. The van der Waals surface area contributed by atoms with Gasteiger partial charge in [-0.1, -0.05) is 52.3 Å². The summed E-state index contributed by atoms with van der Waals surface area (Å²) in [4.78, 5) is 12.5. The van der Waals surface area contributed by atoms with Crippen molar-refractivity contribution in [3.63, 3.8) is 0 Å². The third-order valence-electron chi connectivity index (χ3n) is 4.74. The lowest BCUT2D eigenvalue weighted by atomic mass is 10.1. The summed E-state index contributed by atoms with van der Waals surface area (Å²) >= 11 is 3.43. The summed E-state index contributed by atoms with van der Waals surface area (Å²) < 4.78 is 14.3. The molecule has 1 amide bonds. The molecule has 4 aromatic rings. The molecule has 2 aromatic carbocycles. The summed E-state index contributed by atoms with van der Waals surface area (Å²) in [5, 5.41) is 7.12. The van der Waals surface area contributed by atoms with Crippen LogP contribution in [0.2, 0.25) is 0 Å². The molecule has 162 valence electrons. The van der Waals surface area contributed by atoms with Crippen molar-refractivity contribution in [3.8, 4) is 5.75 Å². The van der Waals surface area contributed by atoms with Crippen molar-refractivity contribution in [3.05, 3.63) is 113 Å². The number of furan rings is 1. The van der Waals surface area contributed by atoms with E-state index in [0.717, 1.165) is 27.8 Å². The molecule has 7 heteroatoms. The Kier molecular flexibility index (Phi) is 6.87. The largest absolute Gasteiger partial charge is 0.485 e. The molecule has 0 unspecified atom stereocenters. The molecule has 4 rings (SSSR count). The molecule has 0 fully saturated rings. The van der Waals surface area contributed by atoms with E-state index in [0.29, 0.717) is 18.0 Å². The third kappa shape index (κ3) is 5.56. The van der Waals surface area contributed by atoms with Gasteiger partial charge < -0.3 is 14.5 Å². The Bertz CT molecular complexity index is 1210. The predicted molar refractivity (Wildman–Crippen MR) is 127 cm³/mol. The number of benzene rings is 2. The normalized spacial score (nSPS) is 10.7. The molecule has 32 heavy (non-hydrogen) atoms. The van der Waals surface area contributed by atoms with Crippen LogP contribution in [0, 0.1) is 0 Å². The van der Waals surface area contributed by atoms with E-state index >= 15 is 0 Å². The number of carbonyl (C=O) groups is 1. The van der Waals surface area contributed by atoms with Crippen molar-refractivity contribution in [2.24, 2.45) is 0 Å². The quantitative estimate of drug-likeness (QED) is 0.298. The molecule has 0 saturated heterocycles. The summed E-state index contributed by atoms with van der Waals surface area (Å²) in [6.07, 6.45) is 5.94. The number of carbonyl (C=O) groups excluding carboxylic acids is 1. The van der Waals surface area contributed by atoms with Gasteiger partial charge >= 0.3 is 0 Å². The molecule has 2 heterocycles. The van der Waals surface area contributed by atoms with Gasteiger partial charge in [0, 0.05) is 10.7 Å². The predicted octanol–water partition coefficient (Wildman–Crippen LogP) is 5.85. The molecule has 0 atom stereocenters. The first-order valence-electron chi connectivity index (χ1n) is 10.1. The van der Waals surface area contributed by atoms with E-state index in [-0.39, 0.29) is 18.3 Å². The standard InChI is InChI=1S/C25H22BrN3O3/c1-2-5-19-6-3-4-7-23(19)31-17-22-12-13-24(32-22)25(30)28-21-14-27-29(16-21)15-18-8-10-20(26)11-9-18/h2-4,6-14,16H,1,5,15,17H2,(H,28,30). The number of ether oxygens (including phenoxy) is 1. The number of nitrogens with zero attached hydrogens (tertiary/aromatic N) is 2. The van der Waals surface area contributed by atoms with Crippen LogP contribution in [-0.4, -0.2) is 15.7 Å². The van der Waals surface area contributed by atoms with E-state index in [9.17, 15) is 4.79 Å². The van der Waals surface area contributed by atoms with E-state index in [4.69, 9.17) is 9.15 Å². The topological polar surface area (TPSA) is 69.3 Å². The molecule has 0 bridgehead atoms. The second-order valence-corrected chi connectivity index (χ2v) is 8.08. The summed E-state index contributed by atoms with van der Waals surface area (Å²) in [5.74, 6) is 1.21. The highest BCUT2D eigenvalue weighted by atomic mass is 79.9. The summed E-state index contributed by atoms with van der Waals surface area (Å²) in [6.45, 7) is 4.61. The fraction of sp³-hybridized carbons (Fsp3) is 0.120. The summed E-state index contributed by atoms with van der Waals surface area (Å²) in [6, 6.07) is 19.2. The van der Waals surface area contributed by atoms with Gasteiger partial charge in [-0.25, -0.2) is 0 Å².